The van der Waals surface area contributed by atoms with Crippen molar-refractivity contribution in [2.75, 3.05) is 6.61 Å². The lowest BCUT2D eigenvalue weighted by Crippen LogP contribution is -2.60. The van der Waals surface area contributed by atoms with Gasteiger partial charge in [0.05, 0.1) is 0 Å². The van der Waals surface area contributed by atoms with Crippen LogP contribution in [-0.2, 0) is 14.3 Å². The number of carbonyl (C=O) groups excluding carboxylic acids is 1. The summed E-state index contributed by atoms with van der Waals surface area (Å²) >= 11 is 0. The molecule has 2 unspecified atom stereocenters. The summed E-state index contributed by atoms with van der Waals surface area (Å²) in [5.41, 5.74) is 0. The minimum Gasteiger partial charge on any atom is -0.463 e. The molecule has 0 aromatic rings. The van der Waals surface area contributed by atoms with Crippen LogP contribution < -0.4 is 0 Å². The molecule has 0 aromatic heterocycles. The SMILES string of the molecule is CC(=O)OCC(F)[C@H]1OC(O)[C@@H](O)[C@@H](O)[C@@H]1O. The maximum absolute atomic E-state index is 13.5. The summed E-state index contributed by atoms with van der Waals surface area (Å²) < 4.78 is 22.5. The molecule has 1 saturated heterocycles. The van der Waals surface area contributed by atoms with Crippen molar-refractivity contribution in [1.82, 2.24) is 0 Å². The molecule has 1 rings (SSSR count). The number of halogens is 1. The molecule has 1 aliphatic heterocycles. The number of hydrogen-bond donors (Lipinski definition) is 4. The molecule has 100 valence electrons. The highest BCUT2D eigenvalue weighted by atomic mass is 19.1. The number of ether oxygens (including phenoxy) is 2. The van der Waals surface area contributed by atoms with Gasteiger partial charge in [-0.3, -0.25) is 4.79 Å². The second-order valence-corrected chi connectivity index (χ2v) is 3.78. The minimum atomic E-state index is -1.93. The van der Waals surface area contributed by atoms with Gasteiger partial charge in [0.2, 0.25) is 0 Å². The van der Waals surface area contributed by atoms with Gasteiger partial charge in [-0.2, -0.15) is 0 Å². The van der Waals surface area contributed by atoms with Crippen molar-refractivity contribution < 1.29 is 39.1 Å². The molecule has 17 heavy (non-hydrogen) atoms. The maximum Gasteiger partial charge on any atom is 0.302 e. The van der Waals surface area contributed by atoms with Crippen LogP contribution in [0.2, 0.25) is 0 Å². The molecule has 4 N–H and O–H groups in total. The Balaban J connectivity index is 2.60. The van der Waals surface area contributed by atoms with Crippen LogP contribution in [0.15, 0.2) is 0 Å². The van der Waals surface area contributed by atoms with Crippen LogP contribution in [0, 0.1) is 0 Å². The molecule has 8 heteroatoms. The average molecular weight is 254 g/mol. The molecule has 1 aliphatic rings. The van der Waals surface area contributed by atoms with E-state index in [4.69, 9.17) is 10.2 Å². The van der Waals surface area contributed by atoms with Gasteiger partial charge < -0.3 is 29.9 Å². The van der Waals surface area contributed by atoms with Crippen LogP contribution in [0.1, 0.15) is 6.92 Å². The predicted molar refractivity (Wildman–Crippen MR) is 50.4 cm³/mol. The highest BCUT2D eigenvalue weighted by molar-refractivity contribution is 5.65. The first-order valence-electron chi connectivity index (χ1n) is 4.99. The molecule has 0 radical (unpaired) electrons. The normalized spacial score (nSPS) is 39.8. The highest BCUT2D eigenvalue weighted by Gasteiger charge is 2.46. The third kappa shape index (κ3) is 3.33. The maximum atomic E-state index is 13.5. The van der Waals surface area contributed by atoms with Crippen molar-refractivity contribution in [2.24, 2.45) is 0 Å². The van der Waals surface area contributed by atoms with Gasteiger partial charge in [-0.25, -0.2) is 4.39 Å². The first-order valence-corrected chi connectivity index (χ1v) is 4.99. The Kier molecular flexibility index (Phi) is 4.78. The molecule has 0 amide bonds. The van der Waals surface area contributed by atoms with Crippen molar-refractivity contribution in [3.8, 4) is 0 Å². The summed E-state index contributed by atoms with van der Waals surface area (Å²) in [5, 5.41) is 37.0. The third-order valence-corrected chi connectivity index (χ3v) is 2.43. The van der Waals surface area contributed by atoms with Gasteiger partial charge in [-0.15, -0.1) is 0 Å². The zero-order chi connectivity index (χ0) is 13.2. The van der Waals surface area contributed by atoms with Crippen molar-refractivity contribution in [1.29, 1.82) is 0 Å². The fourth-order valence-corrected chi connectivity index (χ4v) is 1.48. The molecule has 1 heterocycles. The molecule has 0 aromatic carbocycles. The Bertz CT molecular complexity index is 274. The Morgan fingerprint density at radius 3 is 2.41 bits per heavy atom. The quantitative estimate of drug-likeness (QED) is 0.418. The van der Waals surface area contributed by atoms with E-state index in [0.29, 0.717) is 0 Å². The van der Waals surface area contributed by atoms with E-state index >= 15 is 0 Å². The van der Waals surface area contributed by atoms with Gasteiger partial charge in [0, 0.05) is 6.92 Å². The van der Waals surface area contributed by atoms with Crippen LogP contribution in [0.25, 0.3) is 0 Å². The first kappa shape index (κ1) is 14.3. The number of hydrogen-bond acceptors (Lipinski definition) is 7. The molecule has 0 aliphatic carbocycles. The van der Waals surface area contributed by atoms with Gasteiger partial charge in [-0.1, -0.05) is 0 Å². The monoisotopic (exact) mass is 254 g/mol. The van der Waals surface area contributed by atoms with E-state index in [1.165, 1.54) is 0 Å². The van der Waals surface area contributed by atoms with E-state index in [1.807, 2.05) is 0 Å². The number of aliphatic hydroxyl groups is 4. The molecule has 0 spiro atoms. The van der Waals surface area contributed by atoms with Crippen molar-refractivity contribution in [3.63, 3.8) is 0 Å². The minimum absolute atomic E-state index is 0.674. The Morgan fingerprint density at radius 2 is 1.88 bits per heavy atom. The van der Waals surface area contributed by atoms with Crippen molar-refractivity contribution in [3.05, 3.63) is 0 Å². The van der Waals surface area contributed by atoms with Crippen LogP contribution in [0.5, 0.6) is 0 Å². The van der Waals surface area contributed by atoms with Crippen LogP contribution >= 0.6 is 0 Å². The summed E-state index contributed by atoms with van der Waals surface area (Å²) in [4.78, 5) is 10.5. The first-order chi connectivity index (χ1) is 7.84. The zero-order valence-corrected chi connectivity index (χ0v) is 9.06. The van der Waals surface area contributed by atoms with E-state index in [-0.39, 0.29) is 0 Å². The number of rotatable bonds is 3. The standard InChI is InChI=1S/C9H15FO7/c1-3(11)16-2-4(10)8-6(13)5(12)7(14)9(15)17-8/h4-9,12-15H,2H2,1H3/t4?,5-,6-,7-,8+,9?/m0/s1. The molecular weight excluding hydrogens is 239 g/mol. The molecule has 0 saturated carbocycles. The topological polar surface area (TPSA) is 116 Å². The summed E-state index contributed by atoms with van der Waals surface area (Å²) in [6, 6.07) is 0. The van der Waals surface area contributed by atoms with Crippen LogP contribution in [-0.4, -0.2) is 69.9 Å². The fourth-order valence-electron chi connectivity index (χ4n) is 1.48. The third-order valence-electron chi connectivity index (χ3n) is 2.43. The number of alkyl halides is 1. The van der Waals surface area contributed by atoms with Gasteiger partial charge in [0.15, 0.2) is 12.5 Å². The van der Waals surface area contributed by atoms with Gasteiger partial charge in [-0.05, 0) is 0 Å². The molecular formula is C9H15FO7. The summed E-state index contributed by atoms with van der Waals surface area (Å²) in [7, 11) is 0. The zero-order valence-electron chi connectivity index (χ0n) is 9.06. The van der Waals surface area contributed by atoms with E-state index < -0.39 is 49.5 Å². The summed E-state index contributed by atoms with van der Waals surface area (Å²) in [6.07, 6.45) is -10.5. The Morgan fingerprint density at radius 1 is 1.29 bits per heavy atom. The summed E-state index contributed by atoms with van der Waals surface area (Å²) in [6.45, 7) is 0.408. The molecule has 0 bridgehead atoms. The Hall–Kier alpha value is -0.800. The van der Waals surface area contributed by atoms with Crippen LogP contribution in [0.3, 0.4) is 0 Å². The molecule has 7 nitrogen and oxygen atoms in total. The van der Waals surface area contributed by atoms with E-state index in [9.17, 15) is 19.4 Å². The molecule has 1 fully saturated rings. The van der Waals surface area contributed by atoms with E-state index in [2.05, 4.69) is 9.47 Å². The Labute approximate surface area is 96.4 Å². The lowest BCUT2D eigenvalue weighted by atomic mass is 9.96. The van der Waals surface area contributed by atoms with E-state index in [1.54, 1.807) is 0 Å². The average Bonchev–Trinajstić information content (AvgIpc) is 2.28. The largest absolute Gasteiger partial charge is 0.463 e. The van der Waals surface area contributed by atoms with Crippen molar-refractivity contribution >= 4 is 5.97 Å². The number of esters is 1. The molecule has 6 atom stereocenters. The van der Waals surface area contributed by atoms with Gasteiger partial charge >= 0.3 is 5.97 Å². The fraction of sp³-hybridized carbons (Fsp3) is 0.889. The predicted octanol–water partition coefficient (Wildman–Crippen LogP) is -2.31. The van der Waals surface area contributed by atoms with Crippen molar-refractivity contribution in [2.45, 2.75) is 43.8 Å². The lowest BCUT2D eigenvalue weighted by molar-refractivity contribution is -0.293. The number of aliphatic hydroxyl groups excluding tert-OH is 4. The lowest BCUT2D eigenvalue weighted by Gasteiger charge is -2.39. The smallest absolute Gasteiger partial charge is 0.302 e. The second kappa shape index (κ2) is 5.69. The van der Waals surface area contributed by atoms with Gasteiger partial charge in [0.25, 0.3) is 0 Å². The highest BCUT2D eigenvalue weighted by Crippen LogP contribution is 2.23. The van der Waals surface area contributed by atoms with Gasteiger partial charge in [0.1, 0.15) is 31.0 Å². The van der Waals surface area contributed by atoms with Crippen LogP contribution in [0.4, 0.5) is 4.39 Å². The summed E-state index contributed by atoms with van der Waals surface area (Å²) in [5.74, 6) is -0.709. The van der Waals surface area contributed by atoms with E-state index in [0.717, 1.165) is 6.92 Å². The number of carbonyl (C=O) groups is 1. The second-order valence-electron chi connectivity index (χ2n) is 3.78.